The summed E-state index contributed by atoms with van der Waals surface area (Å²) in [6.07, 6.45) is 1.83. The summed E-state index contributed by atoms with van der Waals surface area (Å²) < 4.78 is 27.0. The van der Waals surface area contributed by atoms with Crippen LogP contribution >= 0.6 is 23.1 Å². The Morgan fingerprint density at radius 1 is 1.44 bits per heavy atom. The first-order valence-corrected chi connectivity index (χ1v) is 12.4. The number of aromatic nitrogens is 2. The molecule has 0 bridgehead atoms. The van der Waals surface area contributed by atoms with E-state index < -0.39 is 41.5 Å². The predicted octanol–water partition coefficient (Wildman–Crippen LogP) is 1.01. The Bertz CT molecular complexity index is 1300. The molecule has 190 valence electrons. The molecule has 2 atom stereocenters. The third kappa shape index (κ3) is 4.88. The zero-order chi connectivity index (χ0) is 26.1. The number of carboxylic acid groups (broad SMARTS) is 1. The van der Waals surface area contributed by atoms with Gasteiger partial charge in [-0.05, 0) is 13.0 Å². The van der Waals surface area contributed by atoms with Gasteiger partial charge in [-0.2, -0.15) is 13.3 Å². The van der Waals surface area contributed by atoms with Gasteiger partial charge in [-0.15, -0.1) is 23.1 Å². The van der Waals surface area contributed by atoms with Gasteiger partial charge in [0.1, 0.15) is 22.8 Å². The van der Waals surface area contributed by atoms with Crippen molar-refractivity contribution in [3.8, 4) is 0 Å². The van der Waals surface area contributed by atoms with Crippen LogP contribution in [0.15, 0.2) is 40.1 Å². The van der Waals surface area contributed by atoms with Crippen LogP contribution in [0.25, 0.3) is 0 Å². The second-order valence-electron chi connectivity index (χ2n) is 7.90. The molecule has 0 spiro atoms. The maximum Gasteiger partial charge on any atom is 0.407 e. The summed E-state index contributed by atoms with van der Waals surface area (Å²) in [6.45, 7) is 0.862. The molecule has 4 N–H and O–H groups in total. The van der Waals surface area contributed by atoms with Crippen molar-refractivity contribution in [1.29, 1.82) is 0 Å². The van der Waals surface area contributed by atoms with Gasteiger partial charge in [-0.3, -0.25) is 14.5 Å². The number of nitrogens with two attached hydrogens (primary N) is 1. The largest absolute Gasteiger partial charge is 0.477 e. The van der Waals surface area contributed by atoms with E-state index in [4.69, 9.17) is 5.73 Å². The van der Waals surface area contributed by atoms with E-state index >= 15 is 0 Å². The average Bonchev–Trinajstić information content (AvgIpc) is 3.25. The number of carbonyl (C=O) groups is 3. The number of nitrogens with zero attached hydrogens (tertiary/aromatic N) is 4. The first-order chi connectivity index (χ1) is 17.1. The van der Waals surface area contributed by atoms with Crippen LogP contribution in [0.4, 0.5) is 13.9 Å². The minimum atomic E-state index is -3.28. The summed E-state index contributed by atoms with van der Waals surface area (Å²) in [5.74, 6) is -2.59. The van der Waals surface area contributed by atoms with Crippen molar-refractivity contribution in [2.45, 2.75) is 38.4 Å². The maximum absolute atomic E-state index is 13.0. The topological polar surface area (TPSA) is 151 Å². The first-order valence-electron chi connectivity index (χ1n) is 10.5. The fourth-order valence-electron chi connectivity index (χ4n) is 3.84. The fourth-order valence-corrected chi connectivity index (χ4v) is 5.72. The molecule has 4 rings (SSSR count). The summed E-state index contributed by atoms with van der Waals surface area (Å²) in [7, 11) is 0. The van der Waals surface area contributed by atoms with Crippen molar-refractivity contribution >= 4 is 51.7 Å². The molecule has 11 nitrogen and oxygen atoms in total. The molecule has 0 aliphatic carbocycles. The Morgan fingerprint density at radius 2 is 2.19 bits per heavy atom. The van der Waals surface area contributed by atoms with Crippen LogP contribution in [0, 0.1) is 13.8 Å². The molecule has 0 saturated carbocycles. The number of amides is 2. The molecule has 2 amide bonds. The van der Waals surface area contributed by atoms with Gasteiger partial charge in [0, 0.05) is 35.3 Å². The highest BCUT2D eigenvalue weighted by Crippen LogP contribution is 2.40. The molecular weight excluding hydrogens is 518 g/mol. The summed E-state index contributed by atoms with van der Waals surface area (Å²) in [5.41, 5.74) is 7.28. The van der Waals surface area contributed by atoms with E-state index in [2.05, 4.69) is 20.3 Å². The molecule has 2 aliphatic rings. The van der Waals surface area contributed by atoms with Crippen LogP contribution in [-0.2, 0) is 25.8 Å². The molecule has 1 fully saturated rings. The molecule has 15 heteroatoms. The Morgan fingerprint density at radius 3 is 2.83 bits per heavy atom. The van der Waals surface area contributed by atoms with Gasteiger partial charge in [0.25, 0.3) is 11.8 Å². The molecular formula is C21H21F2N6O5S2+. The second kappa shape index (κ2) is 10.2. The number of nitrogens with one attached hydrogen (secondary N) is 1. The van der Waals surface area contributed by atoms with Crippen molar-refractivity contribution in [3.05, 3.63) is 51.9 Å². The lowest BCUT2D eigenvalue weighted by Gasteiger charge is -2.49. The van der Waals surface area contributed by atoms with E-state index in [1.807, 2.05) is 36.7 Å². The SMILES string of the molecule is Cc1ccc[n+](CC2=C(C(=O)O)N3C(=O)C(NC(=O)C(=NOC(F)F)c4csc(N)n4)[C@@H]3SC2)c1C. The summed E-state index contributed by atoms with van der Waals surface area (Å²) in [6, 6.07) is 2.70. The highest BCUT2D eigenvalue weighted by molar-refractivity contribution is 8.00. The minimum Gasteiger partial charge on any atom is -0.477 e. The van der Waals surface area contributed by atoms with Crippen LogP contribution in [0.2, 0.25) is 0 Å². The molecule has 36 heavy (non-hydrogen) atoms. The van der Waals surface area contributed by atoms with E-state index in [1.54, 1.807) is 0 Å². The molecule has 0 radical (unpaired) electrons. The van der Waals surface area contributed by atoms with Gasteiger partial charge in [-0.1, -0.05) is 5.16 Å². The van der Waals surface area contributed by atoms with Gasteiger partial charge >= 0.3 is 12.6 Å². The number of rotatable bonds is 8. The standard InChI is InChI=1S/C21H20F2N6O5S2/c1-9-4-3-5-28(10(9)2)6-11-7-35-18-14(17(31)29(18)15(11)19(32)33)26-16(30)13(27-34-20(22)23)12-8-36-21(24)25-12/h3-5,8,14,18,20H,6-7H2,1-2H3,(H3-,24,25,26,30,32,33)/p+1/t14?,18-/m0/s1. The zero-order valence-corrected chi connectivity index (χ0v) is 20.6. The number of pyridine rings is 1. The number of aliphatic carboxylic acids is 1. The van der Waals surface area contributed by atoms with E-state index in [0.717, 1.165) is 27.5 Å². The number of thioether (sulfide) groups is 1. The lowest BCUT2D eigenvalue weighted by Crippen LogP contribution is -2.71. The molecule has 2 aliphatic heterocycles. The highest BCUT2D eigenvalue weighted by atomic mass is 32.2. The van der Waals surface area contributed by atoms with Crippen molar-refractivity contribution < 1.29 is 37.7 Å². The van der Waals surface area contributed by atoms with Crippen LogP contribution in [0.5, 0.6) is 0 Å². The Hall–Kier alpha value is -3.59. The van der Waals surface area contributed by atoms with Gasteiger partial charge in [0.05, 0.1) is 0 Å². The van der Waals surface area contributed by atoms with Crippen LogP contribution in [-0.4, -0.2) is 62.3 Å². The van der Waals surface area contributed by atoms with Gasteiger partial charge in [0.2, 0.25) is 0 Å². The average molecular weight is 540 g/mol. The Kier molecular flexibility index (Phi) is 7.21. The Labute approximate surface area is 211 Å². The second-order valence-corrected chi connectivity index (χ2v) is 9.89. The molecule has 0 aromatic carbocycles. The third-order valence-electron chi connectivity index (χ3n) is 5.71. The monoisotopic (exact) mass is 539 g/mol. The molecule has 2 aromatic rings. The lowest BCUT2D eigenvalue weighted by molar-refractivity contribution is -0.695. The number of alkyl halides is 2. The number of carboxylic acids is 1. The third-order valence-corrected chi connectivity index (χ3v) is 7.73. The molecule has 1 unspecified atom stereocenters. The number of hydrogen-bond donors (Lipinski definition) is 3. The number of halogens is 2. The number of aryl methyl sites for hydroxylation is 1. The lowest BCUT2D eigenvalue weighted by atomic mass is 10.0. The number of fused-ring (bicyclic) bond motifs is 1. The number of oxime groups is 1. The number of anilines is 1. The predicted molar refractivity (Wildman–Crippen MR) is 126 cm³/mol. The maximum atomic E-state index is 13.0. The highest BCUT2D eigenvalue weighted by Gasteiger charge is 2.54. The summed E-state index contributed by atoms with van der Waals surface area (Å²) in [5, 5.41) is 16.2. The number of nitrogen functional groups attached to an aromatic ring is 1. The normalized spacial score (nSPS) is 19.8. The van der Waals surface area contributed by atoms with Gasteiger partial charge in [0.15, 0.2) is 29.3 Å². The zero-order valence-electron chi connectivity index (χ0n) is 19.0. The van der Waals surface area contributed by atoms with E-state index in [0.29, 0.717) is 11.3 Å². The smallest absolute Gasteiger partial charge is 0.407 e. The number of carbonyl (C=O) groups excluding carboxylic acids is 2. The minimum absolute atomic E-state index is 0.0711. The van der Waals surface area contributed by atoms with E-state index in [1.165, 1.54) is 17.1 Å². The Balaban J connectivity index is 1.55. The fraction of sp³-hybridized carbons (Fsp3) is 0.333. The van der Waals surface area contributed by atoms with Crippen molar-refractivity contribution in [3.63, 3.8) is 0 Å². The number of hydrogen-bond acceptors (Lipinski definition) is 9. The van der Waals surface area contributed by atoms with Crippen LogP contribution < -0.4 is 15.6 Å². The van der Waals surface area contributed by atoms with Gasteiger partial charge in [-0.25, -0.2) is 9.78 Å². The van der Waals surface area contributed by atoms with Crippen molar-refractivity contribution in [2.75, 3.05) is 11.5 Å². The quantitative estimate of drug-likeness (QED) is 0.195. The van der Waals surface area contributed by atoms with E-state index in [9.17, 15) is 28.3 Å². The molecule has 2 aromatic heterocycles. The molecule has 4 heterocycles. The van der Waals surface area contributed by atoms with Gasteiger partial charge < -0.3 is 21.0 Å². The summed E-state index contributed by atoms with van der Waals surface area (Å²) in [4.78, 5) is 46.8. The van der Waals surface area contributed by atoms with Crippen molar-refractivity contribution in [2.24, 2.45) is 5.16 Å². The van der Waals surface area contributed by atoms with Crippen LogP contribution in [0.1, 0.15) is 17.0 Å². The number of β-lactam (4-membered cyclic amide) rings is 1. The van der Waals surface area contributed by atoms with Crippen molar-refractivity contribution in [1.82, 2.24) is 15.2 Å². The first kappa shape index (κ1) is 25.5. The molecule has 1 saturated heterocycles. The van der Waals surface area contributed by atoms with Crippen LogP contribution in [0.3, 0.4) is 0 Å². The van der Waals surface area contributed by atoms with E-state index in [-0.39, 0.29) is 23.1 Å². The summed E-state index contributed by atoms with van der Waals surface area (Å²) >= 11 is 2.24. The number of thiazole rings is 1.